The van der Waals surface area contributed by atoms with Crippen molar-refractivity contribution >= 4 is 39.4 Å². The van der Waals surface area contributed by atoms with Gasteiger partial charge in [0.15, 0.2) is 0 Å². The number of benzene rings is 1. The van der Waals surface area contributed by atoms with Gasteiger partial charge in [-0.15, -0.1) is 12.4 Å². The lowest BCUT2D eigenvalue weighted by atomic mass is 10.0. The van der Waals surface area contributed by atoms with Gasteiger partial charge in [-0.05, 0) is 50.8 Å². The molecule has 33 heavy (non-hydrogen) atoms. The van der Waals surface area contributed by atoms with Crippen molar-refractivity contribution in [1.29, 1.82) is 0 Å². The van der Waals surface area contributed by atoms with Crippen molar-refractivity contribution in [2.24, 2.45) is 7.05 Å². The van der Waals surface area contributed by atoms with Crippen molar-refractivity contribution < 1.29 is 8.42 Å². The highest BCUT2D eigenvalue weighted by Crippen LogP contribution is 2.24. The third-order valence-electron chi connectivity index (χ3n) is 6.13. The summed E-state index contributed by atoms with van der Waals surface area (Å²) < 4.78 is 27.9. The number of hydrogen-bond acceptors (Lipinski definition) is 6. The summed E-state index contributed by atoms with van der Waals surface area (Å²) in [6.07, 6.45) is 3.08. The van der Waals surface area contributed by atoms with Crippen LogP contribution < -0.4 is 10.9 Å². The standard InChI is InChI=1S/C23H29N5O3S.ClH/c1-15(2)32(30,31)28-11-9-18(10-12-28)25-23-24-14-17-13-20(19-8-6-5-7-16(19)3)22(29)27(4)21(17)26-23;/h5-8,13-15,18H,9-12H2,1-4H3,(H,24,25,26);1H. The third kappa shape index (κ3) is 4.90. The van der Waals surface area contributed by atoms with E-state index in [9.17, 15) is 13.2 Å². The molecule has 0 bridgehead atoms. The smallest absolute Gasteiger partial charge is 0.259 e. The zero-order valence-corrected chi connectivity index (χ0v) is 20.9. The second-order valence-corrected chi connectivity index (χ2v) is 11.1. The number of rotatable bonds is 5. The lowest BCUT2D eigenvalue weighted by Crippen LogP contribution is -2.45. The topological polar surface area (TPSA) is 97.2 Å². The number of sulfonamides is 1. The van der Waals surface area contributed by atoms with Gasteiger partial charge in [-0.2, -0.15) is 4.98 Å². The molecule has 1 fully saturated rings. The summed E-state index contributed by atoms with van der Waals surface area (Å²) in [4.78, 5) is 22.1. The van der Waals surface area contributed by atoms with Crippen LogP contribution in [-0.4, -0.2) is 51.6 Å². The Morgan fingerprint density at radius 3 is 2.42 bits per heavy atom. The van der Waals surface area contributed by atoms with Crippen LogP contribution in [0.1, 0.15) is 32.3 Å². The molecule has 8 nitrogen and oxygen atoms in total. The number of anilines is 1. The molecule has 0 aliphatic carbocycles. The van der Waals surface area contributed by atoms with Crippen LogP contribution in [-0.2, 0) is 17.1 Å². The van der Waals surface area contributed by atoms with Gasteiger partial charge in [0.2, 0.25) is 16.0 Å². The normalized spacial score (nSPS) is 15.5. The number of nitrogens with zero attached hydrogens (tertiary/aromatic N) is 4. The maximum Gasteiger partial charge on any atom is 0.259 e. The molecule has 1 aromatic carbocycles. The fourth-order valence-corrected chi connectivity index (χ4v) is 5.44. The summed E-state index contributed by atoms with van der Waals surface area (Å²) in [7, 11) is -1.51. The summed E-state index contributed by atoms with van der Waals surface area (Å²) in [5.74, 6) is 0.446. The van der Waals surface area contributed by atoms with E-state index in [4.69, 9.17) is 0 Å². The first-order chi connectivity index (χ1) is 15.2. The molecule has 0 atom stereocenters. The van der Waals surface area contributed by atoms with Crippen LogP contribution in [0.4, 0.5) is 5.95 Å². The molecule has 0 amide bonds. The molecule has 10 heteroatoms. The third-order valence-corrected chi connectivity index (χ3v) is 8.40. The van der Waals surface area contributed by atoms with E-state index in [0.717, 1.165) is 16.5 Å². The van der Waals surface area contributed by atoms with Crippen molar-refractivity contribution in [2.75, 3.05) is 18.4 Å². The first kappa shape index (κ1) is 25.1. The SMILES string of the molecule is Cc1ccccc1-c1cc2cnc(NC3CCN(S(=O)(=O)C(C)C)CC3)nc2n(C)c1=O.Cl. The second kappa shape index (κ2) is 9.79. The number of fused-ring (bicyclic) bond motifs is 1. The first-order valence-corrected chi connectivity index (χ1v) is 12.4. The van der Waals surface area contributed by atoms with Crippen molar-refractivity contribution in [2.45, 2.75) is 44.9 Å². The Morgan fingerprint density at radius 1 is 1.12 bits per heavy atom. The molecular formula is C23H30ClN5O3S. The van der Waals surface area contributed by atoms with Gasteiger partial charge < -0.3 is 5.32 Å². The van der Waals surface area contributed by atoms with Gasteiger partial charge in [0.05, 0.1) is 5.25 Å². The van der Waals surface area contributed by atoms with Gasteiger partial charge in [-0.3, -0.25) is 9.36 Å². The summed E-state index contributed by atoms with van der Waals surface area (Å²) >= 11 is 0. The summed E-state index contributed by atoms with van der Waals surface area (Å²) in [6.45, 7) is 6.35. The maximum atomic E-state index is 13.0. The Balaban J connectivity index is 0.00000306. The molecule has 1 aliphatic heterocycles. The fraction of sp³-hybridized carbons (Fsp3) is 0.435. The van der Waals surface area contributed by atoms with Crippen molar-refractivity contribution in [3.8, 4) is 11.1 Å². The van der Waals surface area contributed by atoms with E-state index in [1.807, 2.05) is 37.3 Å². The lowest BCUT2D eigenvalue weighted by Gasteiger charge is -2.32. The molecule has 0 spiro atoms. The van der Waals surface area contributed by atoms with Gasteiger partial charge in [0.25, 0.3) is 5.56 Å². The van der Waals surface area contributed by atoms with Crippen molar-refractivity contribution in [3.05, 3.63) is 52.4 Å². The minimum absolute atomic E-state index is 0. The van der Waals surface area contributed by atoms with Crippen LogP contribution in [0.3, 0.4) is 0 Å². The van der Waals surface area contributed by atoms with E-state index >= 15 is 0 Å². The average Bonchev–Trinajstić information content (AvgIpc) is 2.77. The van der Waals surface area contributed by atoms with E-state index < -0.39 is 15.3 Å². The molecule has 1 saturated heterocycles. The number of nitrogens with one attached hydrogen (secondary N) is 1. The van der Waals surface area contributed by atoms with Crippen LogP contribution in [0.25, 0.3) is 22.2 Å². The largest absolute Gasteiger partial charge is 0.351 e. The molecule has 0 radical (unpaired) electrons. The molecule has 3 aromatic rings. The van der Waals surface area contributed by atoms with Gasteiger partial charge in [-0.25, -0.2) is 17.7 Å². The van der Waals surface area contributed by atoms with Gasteiger partial charge >= 0.3 is 0 Å². The molecule has 178 valence electrons. The van der Waals surface area contributed by atoms with E-state index in [1.165, 1.54) is 0 Å². The van der Waals surface area contributed by atoms with Crippen LogP contribution >= 0.6 is 12.4 Å². The number of aromatic nitrogens is 3. The van der Waals surface area contributed by atoms with Crippen LogP contribution in [0.2, 0.25) is 0 Å². The summed E-state index contributed by atoms with van der Waals surface area (Å²) in [5.41, 5.74) is 3.02. The molecule has 2 aromatic heterocycles. The predicted molar refractivity (Wildman–Crippen MR) is 134 cm³/mol. The molecule has 1 N–H and O–H groups in total. The fourth-order valence-electron chi connectivity index (χ4n) is 4.12. The van der Waals surface area contributed by atoms with Gasteiger partial charge in [0, 0.05) is 43.3 Å². The second-order valence-electron chi connectivity index (χ2n) is 8.62. The summed E-state index contributed by atoms with van der Waals surface area (Å²) in [5, 5.41) is 3.69. The molecule has 0 unspecified atom stereocenters. The zero-order chi connectivity index (χ0) is 23.0. The van der Waals surface area contributed by atoms with E-state index in [-0.39, 0.29) is 24.0 Å². The Labute approximate surface area is 200 Å². The maximum absolute atomic E-state index is 13.0. The first-order valence-electron chi connectivity index (χ1n) is 10.9. The Kier molecular flexibility index (Phi) is 7.45. The average molecular weight is 492 g/mol. The number of halogens is 1. The van der Waals surface area contributed by atoms with Crippen LogP contribution in [0.5, 0.6) is 0 Å². The van der Waals surface area contributed by atoms with Crippen molar-refractivity contribution in [1.82, 2.24) is 18.8 Å². The molecule has 4 rings (SSSR count). The monoisotopic (exact) mass is 491 g/mol. The van der Waals surface area contributed by atoms with Crippen molar-refractivity contribution in [3.63, 3.8) is 0 Å². The predicted octanol–water partition coefficient (Wildman–Crippen LogP) is 3.34. The minimum atomic E-state index is -3.23. The van der Waals surface area contributed by atoms with Crippen LogP contribution in [0.15, 0.2) is 41.3 Å². The number of piperidine rings is 1. The van der Waals surface area contributed by atoms with E-state index in [0.29, 0.717) is 43.1 Å². The van der Waals surface area contributed by atoms with Gasteiger partial charge in [0.1, 0.15) is 5.65 Å². The lowest BCUT2D eigenvalue weighted by molar-refractivity contribution is 0.326. The zero-order valence-electron chi connectivity index (χ0n) is 19.3. The quantitative estimate of drug-likeness (QED) is 0.588. The van der Waals surface area contributed by atoms with Crippen LogP contribution in [0, 0.1) is 6.92 Å². The summed E-state index contributed by atoms with van der Waals surface area (Å²) in [6, 6.07) is 9.73. The van der Waals surface area contributed by atoms with E-state index in [1.54, 1.807) is 36.0 Å². The number of hydrogen-bond donors (Lipinski definition) is 1. The molecule has 3 heterocycles. The number of pyridine rings is 1. The van der Waals surface area contributed by atoms with E-state index in [2.05, 4.69) is 15.3 Å². The number of aryl methyl sites for hydroxylation is 2. The Bertz CT molecular complexity index is 1320. The molecular weight excluding hydrogens is 462 g/mol. The Hall–Kier alpha value is -2.49. The minimum Gasteiger partial charge on any atom is -0.351 e. The Morgan fingerprint density at radius 2 is 1.79 bits per heavy atom. The highest BCUT2D eigenvalue weighted by Gasteiger charge is 2.30. The van der Waals surface area contributed by atoms with Gasteiger partial charge in [-0.1, -0.05) is 24.3 Å². The highest BCUT2D eigenvalue weighted by atomic mass is 35.5. The highest BCUT2D eigenvalue weighted by molar-refractivity contribution is 7.89. The molecule has 0 saturated carbocycles. The molecule has 1 aliphatic rings.